The Morgan fingerprint density at radius 1 is 1.38 bits per heavy atom. The summed E-state index contributed by atoms with van der Waals surface area (Å²) in [5.74, 6) is 1.03. The topological polar surface area (TPSA) is 40.5 Å². The first-order chi connectivity index (χ1) is 10.2. The van der Waals surface area contributed by atoms with Gasteiger partial charge in [-0.2, -0.15) is 0 Å². The van der Waals surface area contributed by atoms with Gasteiger partial charge in [-0.1, -0.05) is 50.6 Å². The highest BCUT2D eigenvalue weighted by atomic mass is 16.3. The molecule has 3 heteroatoms. The van der Waals surface area contributed by atoms with E-state index in [1.807, 2.05) is 23.1 Å². The summed E-state index contributed by atoms with van der Waals surface area (Å²) in [6.07, 6.45) is 2.83. The van der Waals surface area contributed by atoms with Gasteiger partial charge in [0, 0.05) is 19.7 Å². The van der Waals surface area contributed by atoms with Crippen LogP contribution in [0.2, 0.25) is 0 Å². The van der Waals surface area contributed by atoms with Crippen molar-refractivity contribution in [1.82, 2.24) is 4.90 Å². The zero-order chi connectivity index (χ0) is 15.2. The molecule has 0 radical (unpaired) electrons. The van der Waals surface area contributed by atoms with Gasteiger partial charge in [-0.3, -0.25) is 4.79 Å². The van der Waals surface area contributed by atoms with Gasteiger partial charge in [0.2, 0.25) is 5.91 Å². The Hall–Kier alpha value is -1.35. The second-order valence-corrected chi connectivity index (χ2v) is 6.23. The summed E-state index contributed by atoms with van der Waals surface area (Å²) < 4.78 is 0. The quantitative estimate of drug-likeness (QED) is 0.874. The summed E-state index contributed by atoms with van der Waals surface area (Å²) in [6, 6.07) is 10.1. The summed E-state index contributed by atoms with van der Waals surface area (Å²) in [7, 11) is 0. The molecule has 1 amide bonds. The van der Waals surface area contributed by atoms with Gasteiger partial charge in [0.1, 0.15) is 0 Å². The second-order valence-electron chi connectivity index (χ2n) is 6.23. The first-order valence-electron chi connectivity index (χ1n) is 8.12. The van der Waals surface area contributed by atoms with Crippen molar-refractivity contribution in [3.05, 3.63) is 35.9 Å². The molecule has 1 aromatic rings. The molecular formula is C18H27NO2. The van der Waals surface area contributed by atoms with Gasteiger partial charge < -0.3 is 10.0 Å². The minimum Gasteiger partial charge on any atom is -0.396 e. The highest BCUT2D eigenvalue weighted by Gasteiger charge is 2.33. The standard InChI is InChI=1S/C18H27NO2/c1-3-14(2)17(16-7-5-4-6-8-16)18(21)19-11-9-15(13-19)10-12-20/h4-8,14-15,17,20H,3,9-13H2,1-2H3. The lowest BCUT2D eigenvalue weighted by atomic mass is 9.84. The molecule has 1 N–H and O–H groups in total. The first kappa shape index (κ1) is 16.0. The number of carbonyl (C=O) groups excluding carboxylic acids is 1. The van der Waals surface area contributed by atoms with Gasteiger partial charge in [0.05, 0.1) is 5.92 Å². The molecule has 0 spiro atoms. The van der Waals surface area contributed by atoms with E-state index in [9.17, 15) is 4.79 Å². The van der Waals surface area contributed by atoms with Crippen molar-refractivity contribution in [3.63, 3.8) is 0 Å². The molecule has 0 aliphatic carbocycles. The Bertz CT molecular complexity index is 446. The van der Waals surface area contributed by atoms with E-state index < -0.39 is 0 Å². The highest BCUT2D eigenvalue weighted by molar-refractivity contribution is 5.84. The largest absolute Gasteiger partial charge is 0.396 e. The van der Waals surface area contributed by atoms with E-state index in [1.54, 1.807) is 0 Å². The van der Waals surface area contributed by atoms with Crippen LogP contribution >= 0.6 is 0 Å². The van der Waals surface area contributed by atoms with Crippen LogP contribution in [0.3, 0.4) is 0 Å². The van der Waals surface area contributed by atoms with E-state index in [0.29, 0.717) is 11.8 Å². The summed E-state index contributed by atoms with van der Waals surface area (Å²) in [6.45, 7) is 6.17. The Labute approximate surface area is 128 Å². The van der Waals surface area contributed by atoms with E-state index in [2.05, 4.69) is 26.0 Å². The maximum Gasteiger partial charge on any atom is 0.230 e. The van der Waals surface area contributed by atoms with Crippen LogP contribution in [0.4, 0.5) is 0 Å². The van der Waals surface area contributed by atoms with Crippen molar-refractivity contribution in [2.45, 2.75) is 39.0 Å². The average Bonchev–Trinajstić information content (AvgIpc) is 2.97. The van der Waals surface area contributed by atoms with Gasteiger partial charge in [0.15, 0.2) is 0 Å². The van der Waals surface area contributed by atoms with E-state index in [0.717, 1.165) is 37.9 Å². The molecule has 21 heavy (non-hydrogen) atoms. The molecule has 0 saturated carbocycles. The lowest BCUT2D eigenvalue weighted by Crippen LogP contribution is -2.36. The van der Waals surface area contributed by atoms with E-state index in [-0.39, 0.29) is 18.4 Å². The number of likely N-dealkylation sites (tertiary alicyclic amines) is 1. The van der Waals surface area contributed by atoms with Crippen LogP contribution in [0.5, 0.6) is 0 Å². The smallest absolute Gasteiger partial charge is 0.230 e. The fraction of sp³-hybridized carbons (Fsp3) is 0.611. The Kier molecular flexibility index (Phi) is 5.80. The molecule has 1 aliphatic rings. The Morgan fingerprint density at radius 2 is 2.10 bits per heavy atom. The summed E-state index contributed by atoms with van der Waals surface area (Å²) >= 11 is 0. The molecule has 1 aromatic carbocycles. The molecule has 1 fully saturated rings. The van der Waals surface area contributed by atoms with Gasteiger partial charge >= 0.3 is 0 Å². The molecule has 3 nitrogen and oxygen atoms in total. The lowest BCUT2D eigenvalue weighted by molar-refractivity contribution is -0.133. The number of benzene rings is 1. The van der Waals surface area contributed by atoms with Crippen molar-refractivity contribution in [2.24, 2.45) is 11.8 Å². The lowest BCUT2D eigenvalue weighted by Gasteiger charge is -2.28. The van der Waals surface area contributed by atoms with Crippen LogP contribution in [-0.4, -0.2) is 35.6 Å². The number of carbonyl (C=O) groups is 1. The van der Waals surface area contributed by atoms with E-state index in [1.165, 1.54) is 0 Å². The molecule has 1 heterocycles. The monoisotopic (exact) mass is 289 g/mol. The molecule has 3 unspecified atom stereocenters. The Morgan fingerprint density at radius 3 is 2.71 bits per heavy atom. The normalized spacial score (nSPS) is 21.3. The fourth-order valence-corrected chi connectivity index (χ4v) is 3.26. The van der Waals surface area contributed by atoms with Crippen LogP contribution in [0.1, 0.15) is 44.6 Å². The zero-order valence-corrected chi connectivity index (χ0v) is 13.2. The predicted molar refractivity (Wildman–Crippen MR) is 85.0 cm³/mol. The number of nitrogens with zero attached hydrogens (tertiary/aromatic N) is 1. The average molecular weight is 289 g/mol. The SMILES string of the molecule is CCC(C)C(C(=O)N1CCC(CCO)C1)c1ccccc1. The van der Waals surface area contributed by atoms with Crippen molar-refractivity contribution >= 4 is 5.91 Å². The number of hydrogen-bond donors (Lipinski definition) is 1. The summed E-state index contributed by atoms with van der Waals surface area (Å²) in [5.41, 5.74) is 1.13. The van der Waals surface area contributed by atoms with Gasteiger partial charge in [-0.15, -0.1) is 0 Å². The molecule has 0 bridgehead atoms. The molecule has 0 aromatic heterocycles. The highest BCUT2D eigenvalue weighted by Crippen LogP contribution is 2.31. The van der Waals surface area contributed by atoms with Gasteiger partial charge in [-0.25, -0.2) is 0 Å². The maximum atomic E-state index is 13.0. The van der Waals surface area contributed by atoms with Crippen molar-refractivity contribution < 1.29 is 9.90 Å². The molecule has 116 valence electrons. The predicted octanol–water partition coefficient (Wildman–Crippen LogP) is 3.05. The zero-order valence-electron chi connectivity index (χ0n) is 13.2. The first-order valence-corrected chi connectivity index (χ1v) is 8.12. The van der Waals surface area contributed by atoms with Gasteiger partial charge in [0.25, 0.3) is 0 Å². The van der Waals surface area contributed by atoms with Crippen molar-refractivity contribution in [1.29, 1.82) is 0 Å². The molecule has 1 aliphatic heterocycles. The molecular weight excluding hydrogens is 262 g/mol. The Balaban J connectivity index is 2.12. The molecule has 1 saturated heterocycles. The van der Waals surface area contributed by atoms with Crippen LogP contribution in [-0.2, 0) is 4.79 Å². The number of hydrogen-bond acceptors (Lipinski definition) is 2. The number of amides is 1. The molecule has 3 atom stereocenters. The number of aliphatic hydroxyl groups is 1. The van der Waals surface area contributed by atoms with Crippen LogP contribution in [0, 0.1) is 11.8 Å². The van der Waals surface area contributed by atoms with E-state index in [4.69, 9.17) is 5.11 Å². The second kappa shape index (κ2) is 7.60. The fourth-order valence-electron chi connectivity index (χ4n) is 3.26. The minimum absolute atomic E-state index is 0.0379. The van der Waals surface area contributed by atoms with Crippen LogP contribution in [0.25, 0.3) is 0 Å². The maximum absolute atomic E-state index is 13.0. The third kappa shape index (κ3) is 3.85. The third-order valence-electron chi connectivity index (χ3n) is 4.77. The van der Waals surface area contributed by atoms with Crippen molar-refractivity contribution in [3.8, 4) is 0 Å². The number of rotatable bonds is 6. The van der Waals surface area contributed by atoms with Gasteiger partial charge in [-0.05, 0) is 30.2 Å². The minimum atomic E-state index is -0.0379. The van der Waals surface area contributed by atoms with Crippen LogP contribution in [0.15, 0.2) is 30.3 Å². The van der Waals surface area contributed by atoms with E-state index >= 15 is 0 Å². The summed E-state index contributed by atoms with van der Waals surface area (Å²) in [5, 5.41) is 9.06. The number of aliphatic hydroxyl groups excluding tert-OH is 1. The van der Waals surface area contributed by atoms with Crippen LogP contribution < -0.4 is 0 Å². The third-order valence-corrected chi connectivity index (χ3v) is 4.77. The molecule has 2 rings (SSSR count). The summed E-state index contributed by atoms with van der Waals surface area (Å²) in [4.78, 5) is 15.0. The van der Waals surface area contributed by atoms with Crippen molar-refractivity contribution in [2.75, 3.05) is 19.7 Å².